The standard InChI is InChI=1S/C13H13N3O3S4/c1-7(2)8-4-3-5-9-10(8)11(17)16(23(9,18)19)6-21-13-15-14-12(20)22-13/h3-5,7H,6H2,1-2H3,(H,14,20). The van der Waals surface area contributed by atoms with Gasteiger partial charge in [-0.1, -0.05) is 49.1 Å². The highest BCUT2D eigenvalue weighted by molar-refractivity contribution is 8.02. The first-order valence-electron chi connectivity index (χ1n) is 6.70. The van der Waals surface area contributed by atoms with Crippen LogP contribution in [0.3, 0.4) is 0 Å². The highest BCUT2D eigenvalue weighted by Crippen LogP contribution is 2.37. The molecule has 6 nitrogen and oxygen atoms in total. The van der Waals surface area contributed by atoms with E-state index >= 15 is 0 Å². The SMILES string of the molecule is CC(C)c1cccc2c1C(=O)N(CSc1n[nH]c(=S)s1)S2(=O)=O. The van der Waals surface area contributed by atoms with Gasteiger partial charge in [0.15, 0.2) is 8.29 Å². The lowest BCUT2D eigenvalue weighted by molar-refractivity contribution is 0.0885. The number of rotatable bonds is 4. The summed E-state index contributed by atoms with van der Waals surface area (Å²) in [6, 6.07) is 4.96. The molecule has 0 unspecified atom stereocenters. The van der Waals surface area contributed by atoms with Crippen molar-refractivity contribution in [1.29, 1.82) is 0 Å². The van der Waals surface area contributed by atoms with Gasteiger partial charge < -0.3 is 0 Å². The van der Waals surface area contributed by atoms with Crippen LogP contribution in [-0.4, -0.2) is 34.7 Å². The average Bonchev–Trinajstić information content (AvgIpc) is 2.98. The fourth-order valence-electron chi connectivity index (χ4n) is 2.35. The number of carbonyl (C=O) groups is 1. The predicted molar refractivity (Wildman–Crippen MR) is 91.9 cm³/mol. The second-order valence-electron chi connectivity index (χ2n) is 5.19. The van der Waals surface area contributed by atoms with Gasteiger partial charge in [0, 0.05) is 0 Å². The monoisotopic (exact) mass is 387 g/mol. The molecule has 1 aliphatic rings. The van der Waals surface area contributed by atoms with Gasteiger partial charge in [-0.2, -0.15) is 5.10 Å². The summed E-state index contributed by atoms with van der Waals surface area (Å²) in [5, 5.41) is 6.59. The maximum atomic E-state index is 12.7. The molecule has 1 aromatic carbocycles. The number of fused-ring (bicyclic) bond motifs is 1. The van der Waals surface area contributed by atoms with Crippen LogP contribution in [0.15, 0.2) is 27.4 Å². The zero-order valence-corrected chi connectivity index (χ0v) is 15.5. The molecule has 1 N–H and O–H groups in total. The summed E-state index contributed by atoms with van der Waals surface area (Å²) in [5.74, 6) is -0.437. The van der Waals surface area contributed by atoms with Crippen molar-refractivity contribution in [2.24, 2.45) is 0 Å². The number of nitrogens with one attached hydrogen (secondary N) is 1. The van der Waals surface area contributed by atoms with E-state index in [1.807, 2.05) is 13.8 Å². The number of aromatic amines is 1. The van der Waals surface area contributed by atoms with Crippen molar-refractivity contribution in [3.63, 3.8) is 0 Å². The summed E-state index contributed by atoms with van der Waals surface area (Å²) >= 11 is 7.35. The van der Waals surface area contributed by atoms with E-state index in [0.717, 1.165) is 21.6 Å². The van der Waals surface area contributed by atoms with Crippen LogP contribution in [0.2, 0.25) is 0 Å². The molecule has 23 heavy (non-hydrogen) atoms. The number of aromatic nitrogens is 2. The van der Waals surface area contributed by atoms with E-state index in [4.69, 9.17) is 12.2 Å². The van der Waals surface area contributed by atoms with E-state index in [2.05, 4.69) is 10.2 Å². The van der Waals surface area contributed by atoms with Gasteiger partial charge in [0.2, 0.25) is 0 Å². The van der Waals surface area contributed by atoms with E-state index in [9.17, 15) is 13.2 Å². The number of nitrogens with zero attached hydrogens (tertiary/aromatic N) is 2. The van der Waals surface area contributed by atoms with Crippen LogP contribution >= 0.6 is 35.3 Å². The number of H-pyrrole nitrogens is 1. The smallest absolute Gasteiger partial charge is 0.268 e. The van der Waals surface area contributed by atoms with E-state index in [1.165, 1.54) is 17.4 Å². The Morgan fingerprint density at radius 3 is 2.78 bits per heavy atom. The van der Waals surface area contributed by atoms with Gasteiger partial charge in [0.25, 0.3) is 15.9 Å². The number of hydrogen-bond donors (Lipinski definition) is 1. The first kappa shape index (κ1) is 16.6. The molecule has 0 bridgehead atoms. The lowest BCUT2D eigenvalue weighted by Gasteiger charge is -2.13. The van der Waals surface area contributed by atoms with Gasteiger partial charge in [-0.05, 0) is 29.8 Å². The molecule has 3 rings (SSSR count). The molecule has 0 spiro atoms. The predicted octanol–water partition coefficient (Wildman–Crippen LogP) is 3.22. The zero-order valence-electron chi connectivity index (χ0n) is 12.3. The topological polar surface area (TPSA) is 83.1 Å². The van der Waals surface area contributed by atoms with Crippen molar-refractivity contribution in [2.45, 2.75) is 29.0 Å². The van der Waals surface area contributed by atoms with Crippen LogP contribution in [0.25, 0.3) is 0 Å². The first-order valence-corrected chi connectivity index (χ1v) is 10.4. The van der Waals surface area contributed by atoms with Crippen LogP contribution in [0, 0.1) is 3.95 Å². The number of hydrogen-bond acceptors (Lipinski definition) is 7. The van der Waals surface area contributed by atoms with Crippen LogP contribution < -0.4 is 0 Å². The van der Waals surface area contributed by atoms with Crippen LogP contribution in [0.1, 0.15) is 35.7 Å². The van der Waals surface area contributed by atoms with E-state index in [-0.39, 0.29) is 22.3 Å². The van der Waals surface area contributed by atoms with E-state index < -0.39 is 15.9 Å². The third kappa shape index (κ3) is 2.84. The Labute approximate surface area is 147 Å². The Bertz CT molecular complexity index is 930. The minimum Gasteiger partial charge on any atom is -0.268 e. The van der Waals surface area contributed by atoms with Crippen molar-refractivity contribution in [2.75, 3.05) is 5.88 Å². The van der Waals surface area contributed by atoms with Crippen molar-refractivity contribution >= 4 is 51.2 Å². The third-order valence-corrected chi connectivity index (χ3v) is 7.56. The van der Waals surface area contributed by atoms with E-state index in [1.54, 1.807) is 12.1 Å². The second kappa shape index (κ2) is 6.00. The van der Waals surface area contributed by atoms with Gasteiger partial charge >= 0.3 is 0 Å². The van der Waals surface area contributed by atoms with Crippen molar-refractivity contribution in [3.8, 4) is 0 Å². The minimum atomic E-state index is -3.81. The summed E-state index contributed by atoms with van der Waals surface area (Å²) < 4.78 is 27.3. The highest BCUT2D eigenvalue weighted by atomic mass is 32.2. The lowest BCUT2D eigenvalue weighted by atomic mass is 9.97. The summed E-state index contributed by atoms with van der Waals surface area (Å²) in [4.78, 5) is 12.7. The van der Waals surface area contributed by atoms with Crippen LogP contribution in [-0.2, 0) is 10.0 Å². The largest absolute Gasteiger partial charge is 0.270 e. The average molecular weight is 388 g/mol. The fraction of sp³-hybridized carbons (Fsp3) is 0.308. The molecule has 2 aromatic rings. The molecule has 0 aliphatic carbocycles. The number of amides is 1. The van der Waals surface area contributed by atoms with Crippen LogP contribution in [0.4, 0.5) is 0 Å². The van der Waals surface area contributed by atoms with Gasteiger partial charge in [0.05, 0.1) is 11.4 Å². The molecule has 122 valence electrons. The van der Waals surface area contributed by atoms with Gasteiger partial charge in [-0.15, -0.1) is 0 Å². The van der Waals surface area contributed by atoms with Gasteiger partial charge in [-0.3, -0.25) is 9.89 Å². The molecule has 0 radical (unpaired) electrons. The maximum absolute atomic E-state index is 12.7. The molecule has 1 amide bonds. The quantitative estimate of drug-likeness (QED) is 0.641. The first-order chi connectivity index (χ1) is 10.8. The molecule has 0 atom stereocenters. The fourth-order valence-corrected chi connectivity index (χ4v) is 6.20. The Morgan fingerprint density at radius 1 is 1.43 bits per heavy atom. The zero-order chi connectivity index (χ0) is 16.8. The Hall–Kier alpha value is -1.23. The highest BCUT2D eigenvalue weighted by Gasteiger charge is 2.42. The summed E-state index contributed by atoms with van der Waals surface area (Å²) in [6.07, 6.45) is 0. The maximum Gasteiger partial charge on any atom is 0.270 e. The molecule has 0 saturated carbocycles. The second-order valence-corrected chi connectivity index (χ2v) is 9.87. The van der Waals surface area contributed by atoms with E-state index in [0.29, 0.717) is 8.29 Å². The molecule has 0 saturated heterocycles. The Kier molecular flexibility index (Phi) is 4.34. The summed E-state index contributed by atoms with van der Waals surface area (Å²) in [5.41, 5.74) is 1.04. The summed E-state index contributed by atoms with van der Waals surface area (Å²) in [6.45, 7) is 3.87. The molecular formula is C13H13N3O3S4. The molecule has 2 heterocycles. The molecule has 10 heteroatoms. The van der Waals surface area contributed by atoms with Crippen LogP contribution in [0.5, 0.6) is 0 Å². The summed E-state index contributed by atoms with van der Waals surface area (Å²) in [7, 11) is -3.81. The number of thioether (sulfide) groups is 1. The van der Waals surface area contributed by atoms with Crippen molar-refractivity contribution in [3.05, 3.63) is 33.3 Å². The Morgan fingerprint density at radius 2 is 2.17 bits per heavy atom. The van der Waals surface area contributed by atoms with Crippen molar-refractivity contribution in [1.82, 2.24) is 14.5 Å². The molecule has 1 aliphatic heterocycles. The normalized spacial score (nSPS) is 16.1. The minimum absolute atomic E-state index is 0.0243. The number of benzene rings is 1. The molecule has 0 fully saturated rings. The number of sulfonamides is 1. The molecule has 1 aromatic heterocycles. The number of carbonyl (C=O) groups excluding carboxylic acids is 1. The Balaban J connectivity index is 1.96. The van der Waals surface area contributed by atoms with Gasteiger partial charge in [-0.25, -0.2) is 12.7 Å². The van der Waals surface area contributed by atoms with Gasteiger partial charge in [0.1, 0.15) is 4.90 Å². The lowest BCUT2D eigenvalue weighted by Crippen LogP contribution is -2.29. The van der Waals surface area contributed by atoms with Crippen molar-refractivity contribution < 1.29 is 13.2 Å². The third-order valence-electron chi connectivity index (χ3n) is 3.41. The molecular weight excluding hydrogens is 374 g/mol.